The van der Waals surface area contributed by atoms with Crippen LogP contribution < -0.4 is 10.5 Å². The molecule has 0 saturated heterocycles. The highest BCUT2D eigenvalue weighted by atomic mass is 16.5. The van der Waals surface area contributed by atoms with E-state index < -0.39 is 0 Å². The molecule has 2 N–H and O–H groups in total. The molecule has 0 amide bonds. The first-order chi connectivity index (χ1) is 10.2. The second-order valence-electron chi connectivity index (χ2n) is 5.62. The molecule has 1 atom stereocenters. The molecule has 2 heteroatoms. The molecular formula is C19H25NO. The van der Waals surface area contributed by atoms with Gasteiger partial charge in [0, 0.05) is 0 Å². The first-order valence-electron chi connectivity index (χ1n) is 7.68. The summed E-state index contributed by atoms with van der Waals surface area (Å²) in [5, 5.41) is 0. The molecule has 0 fully saturated rings. The Balaban J connectivity index is 1.98. The summed E-state index contributed by atoms with van der Waals surface area (Å²) in [6, 6.07) is 16.6. The minimum atomic E-state index is 0.553. The van der Waals surface area contributed by atoms with Crippen LogP contribution in [0.25, 0.3) is 0 Å². The Morgan fingerprint density at radius 1 is 1.10 bits per heavy atom. The Morgan fingerprint density at radius 3 is 2.52 bits per heavy atom. The van der Waals surface area contributed by atoms with E-state index in [1.165, 1.54) is 16.7 Å². The summed E-state index contributed by atoms with van der Waals surface area (Å²) in [6.07, 6.45) is 2.22. The van der Waals surface area contributed by atoms with E-state index >= 15 is 0 Å². The van der Waals surface area contributed by atoms with Crippen LogP contribution in [0.2, 0.25) is 0 Å². The van der Waals surface area contributed by atoms with Gasteiger partial charge in [-0.3, -0.25) is 0 Å². The van der Waals surface area contributed by atoms with Crippen molar-refractivity contribution in [2.24, 2.45) is 5.73 Å². The molecule has 0 saturated carbocycles. The Kier molecular flexibility index (Phi) is 5.82. The summed E-state index contributed by atoms with van der Waals surface area (Å²) in [5.74, 6) is 1.49. The predicted molar refractivity (Wildman–Crippen MR) is 88.7 cm³/mol. The highest BCUT2D eigenvalue weighted by molar-refractivity contribution is 5.36. The van der Waals surface area contributed by atoms with Crippen LogP contribution in [0.4, 0.5) is 0 Å². The Labute approximate surface area is 127 Å². The van der Waals surface area contributed by atoms with Crippen molar-refractivity contribution < 1.29 is 4.74 Å². The fourth-order valence-electron chi connectivity index (χ4n) is 2.61. The van der Waals surface area contributed by atoms with E-state index in [9.17, 15) is 0 Å². The number of hydrogen-bond donors (Lipinski definition) is 1. The molecule has 0 aromatic heterocycles. The van der Waals surface area contributed by atoms with Crippen LogP contribution in [0.1, 0.15) is 42.4 Å². The third kappa shape index (κ3) is 4.61. The van der Waals surface area contributed by atoms with Gasteiger partial charge in [-0.05, 0) is 61.1 Å². The summed E-state index contributed by atoms with van der Waals surface area (Å²) in [6.45, 7) is 5.80. The maximum atomic E-state index is 5.87. The third-order valence-electron chi connectivity index (χ3n) is 3.86. The van der Waals surface area contributed by atoms with Gasteiger partial charge in [-0.2, -0.15) is 0 Å². The van der Waals surface area contributed by atoms with Crippen LogP contribution in [-0.2, 0) is 6.61 Å². The molecule has 2 aromatic rings. The van der Waals surface area contributed by atoms with Crippen molar-refractivity contribution in [2.45, 2.75) is 39.2 Å². The molecule has 0 aliphatic rings. The summed E-state index contributed by atoms with van der Waals surface area (Å²) in [4.78, 5) is 0. The predicted octanol–water partition coefficient (Wildman–Crippen LogP) is 4.42. The summed E-state index contributed by atoms with van der Waals surface area (Å²) < 4.78 is 5.87. The van der Waals surface area contributed by atoms with Gasteiger partial charge >= 0.3 is 0 Å². The fourth-order valence-corrected chi connectivity index (χ4v) is 2.61. The molecule has 0 heterocycles. The second-order valence-corrected chi connectivity index (χ2v) is 5.62. The van der Waals surface area contributed by atoms with Crippen LogP contribution in [0.3, 0.4) is 0 Å². The molecule has 2 nitrogen and oxygen atoms in total. The van der Waals surface area contributed by atoms with E-state index in [1.54, 1.807) is 0 Å². The summed E-state index contributed by atoms with van der Waals surface area (Å²) >= 11 is 0. The molecule has 2 rings (SSSR count). The quantitative estimate of drug-likeness (QED) is 0.816. The molecule has 0 radical (unpaired) electrons. The van der Waals surface area contributed by atoms with Crippen LogP contribution in [0, 0.1) is 6.92 Å². The normalized spacial score (nSPS) is 12.1. The molecule has 1 unspecified atom stereocenters. The standard InChI is InChI=1S/C19H25NO/c1-15(7-6-12-20)19-11-10-18(13-16(19)2)21-14-17-8-4-3-5-9-17/h3-5,8-11,13,15H,6-7,12,14,20H2,1-2H3. The fraction of sp³-hybridized carbons (Fsp3) is 0.368. The summed E-state index contributed by atoms with van der Waals surface area (Å²) in [7, 11) is 0. The largest absolute Gasteiger partial charge is 0.489 e. The van der Waals surface area contributed by atoms with E-state index in [0.717, 1.165) is 25.1 Å². The van der Waals surface area contributed by atoms with Gasteiger partial charge in [0.05, 0.1) is 0 Å². The molecular weight excluding hydrogens is 258 g/mol. The van der Waals surface area contributed by atoms with Crippen molar-refractivity contribution >= 4 is 0 Å². The zero-order valence-corrected chi connectivity index (χ0v) is 13.0. The van der Waals surface area contributed by atoms with Crippen LogP contribution in [-0.4, -0.2) is 6.54 Å². The van der Waals surface area contributed by atoms with Gasteiger partial charge in [0.15, 0.2) is 0 Å². The van der Waals surface area contributed by atoms with Gasteiger partial charge in [0.1, 0.15) is 12.4 Å². The Bertz CT molecular complexity index is 551. The minimum absolute atomic E-state index is 0.553. The van der Waals surface area contributed by atoms with Crippen molar-refractivity contribution in [3.05, 3.63) is 65.2 Å². The second kappa shape index (κ2) is 7.84. The zero-order valence-electron chi connectivity index (χ0n) is 13.0. The topological polar surface area (TPSA) is 35.2 Å². The summed E-state index contributed by atoms with van der Waals surface area (Å²) in [5.41, 5.74) is 9.48. The molecule has 112 valence electrons. The molecule has 0 bridgehead atoms. The maximum absolute atomic E-state index is 5.87. The SMILES string of the molecule is Cc1cc(OCc2ccccc2)ccc1C(C)CCCN. The van der Waals surface area contributed by atoms with E-state index in [2.05, 4.69) is 44.2 Å². The number of nitrogens with two attached hydrogens (primary N) is 1. The third-order valence-corrected chi connectivity index (χ3v) is 3.86. The van der Waals surface area contributed by atoms with Crippen molar-refractivity contribution in [1.82, 2.24) is 0 Å². The molecule has 0 aliphatic carbocycles. The average Bonchev–Trinajstić information content (AvgIpc) is 2.51. The van der Waals surface area contributed by atoms with Gasteiger partial charge in [-0.1, -0.05) is 43.3 Å². The number of hydrogen-bond acceptors (Lipinski definition) is 2. The van der Waals surface area contributed by atoms with Gasteiger partial charge < -0.3 is 10.5 Å². The van der Waals surface area contributed by atoms with E-state index in [0.29, 0.717) is 12.5 Å². The average molecular weight is 283 g/mol. The Morgan fingerprint density at radius 2 is 1.86 bits per heavy atom. The van der Waals surface area contributed by atoms with E-state index in [1.807, 2.05) is 18.2 Å². The lowest BCUT2D eigenvalue weighted by Crippen LogP contribution is -2.03. The highest BCUT2D eigenvalue weighted by Gasteiger charge is 2.09. The van der Waals surface area contributed by atoms with E-state index in [4.69, 9.17) is 10.5 Å². The lowest BCUT2D eigenvalue weighted by atomic mass is 9.92. The van der Waals surface area contributed by atoms with Gasteiger partial charge in [0.2, 0.25) is 0 Å². The smallest absolute Gasteiger partial charge is 0.120 e. The number of benzene rings is 2. The van der Waals surface area contributed by atoms with Crippen molar-refractivity contribution in [1.29, 1.82) is 0 Å². The molecule has 21 heavy (non-hydrogen) atoms. The van der Waals surface area contributed by atoms with Crippen molar-refractivity contribution in [3.8, 4) is 5.75 Å². The maximum Gasteiger partial charge on any atom is 0.120 e. The zero-order chi connectivity index (χ0) is 15.1. The van der Waals surface area contributed by atoms with Gasteiger partial charge in [0.25, 0.3) is 0 Å². The highest BCUT2D eigenvalue weighted by Crippen LogP contribution is 2.27. The molecule has 2 aromatic carbocycles. The Hall–Kier alpha value is -1.80. The minimum Gasteiger partial charge on any atom is -0.489 e. The monoisotopic (exact) mass is 283 g/mol. The number of ether oxygens (including phenoxy) is 1. The first kappa shape index (κ1) is 15.6. The van der Waals surface area contributed by atoms with Crippen molar-refractivity contribution in [3.63, 3.8) is 0 Å². The lowest BCUT2D eigenvalue weighted by Gasteiger charge is -2.16. The van der Waals surface area contributed by atoms with Crippen molar-refractivity contribution in [2.75, 3.05) is 6.54 Å². The number of aryl methyl sites for hydroxylation is 1. The van der Waals surface area contributed by atoms with Crippen LogP contribution in [0.15, 0.2) is 48.5 Å². The van der Waals surface area contributed by atoms with Crippen LogP contribution >= 0.6 is 0 Å². The first-order valence-corrected chi connectivity index (χ1v) is 7.68. The van der Waals surface area contributed by atoms with Gasteiger partial charge in [-0.25, -0.2) is 0 Å². The lowest BCUT2D eigenvalue weighted by molar-refractivity contribution is 0.306. The van der Waals surface area contributed by atoms with E-state index in [-0.39, 0.29) is 0 Å². The molecule has 0 aliphatic heterocycles. The molecule has 0 spiro atoms. The van der Waals surface area contributed by atoms with Gasteiger partial charge in [-0.15, -0.1) is 0 Å². The number of rotatable bonds is 7. The van der Waals surface area contributed by atoms with Crippen LogP contribution in [0.5, 0.6) is 5.75 Å².